The maximum absolute atomic E-state index is 11.3. The summed E-state index contributed by atoms with van der Waals surface area (Å²) < 4.78 is 0. The van der Waals surface area contributed by atoms with Gasteiger partial charge in [-0.25, -0.2) is 0 Å². The van der Waals surface area contributed by atoms with Crippen LogP contribution in [0.5, 0.6) is 0 Å². The number of hydrogen-bond donors (Lipinski definition) is 0. The lowest BCUT2D eigenvalue weighted by atomic mass is 9.74. The quantitative estimate of drug-likeness (QED) is 0.540. The zero-order valence-electron chi connectivity index (χ0n) is 7.72. The van der Waals surface area contributed by atoms with Crippen LogP contribution in [-0.4, -0.2) is 5.78 Å². The largest absolute Gasteiger partial charge is 0.300 e. The molecule has 68 valence electrons. The van der Waals surface area contributed by atoms with Crippen molar-refractivity contribution in [1.82, 2.24) is 0 Å². The molecule has 2 rings (SSSR count). The van der Waals surface area contributed by atoms with Crippen LogP contribution in [0.4, 0.5) is 0 Å². The van der Waals surface area contributed by atoms with E-state index in [1.165, 1.54) is 38.5 Å². The molecule has 1 heteroatoms. The molecular formula is C11H18O. The third kappa shape index (κ3) is 1.88. The summed E-state index contributed by atoms with van der Waals surface area (Å²) in [6, 6.07) is 0. The fourth-order valence-electron chi connectivity index (χ4n) is 2.85. The van der Waals surface area contributed by atoms with E-state index in [1.807, 2.05) is 0 Å². The monoisotopic (exact) mass is 166 g/mol. The number of Topliss-reactive ketones (excluding diaryl/α,β-unsaturated/α-hetero) is 1. The van der Waals surface area contributed by atoms with E-state index in [9.17, 15) is 4.79 Å². The number of fused-ring (bicyclic) bond motifs is 2. The lowest BCUT2D eigenvalue weighted by molar-refractivity contribution is -0.123. The molecule has 2 aliphatic carbocycles. The van der Waals surface area contributed by atoms with Crippen molar-refractivity contribution in [2.24, 2.45) is 11.8 Å². The summed E-state index contributed by atoms with van der Waals surface area (Å²) in [6.45, 7) is 0. The van der Waals surface area contributed by atoms with E-state index in [2.05, 4.69) is 0 Å². The molecule has 0 radical (unpaired) electrons. The van der Waals surface area contributed by atoms with Gasteiger partial charge in [0, 0.05) is 12.8 Å². The predicted octanol–water partition coefficient (Wildman–Crippen LogP) is 2.94. The minimum absolute atomic E-state index is 0.540. The molecule has 2 saturated carbocycles. The SMILES string of the molecule is O=C1CC2CCCCCC(C1)C2. The maximum atomic E-state index is 11.3. The van der Waals surface area contributed by atoms with E-state index in [0.717, 1.165) is 24.7 Å². The molecule has 0 saturated heterocycles. The molecule has 2 aliphatic rings. The Morgan fingerprint density at radius 3 is 2.08 bits per heavy atom. The Balaban J connectivity index is 1.98. The highest BCUT2D eigenvalue weighted by Crippen LogP contribution is 2.35. The molecule has 0 aromatic heterocycles. The Hall–Kier alpha value is -0.330. The zero-order chi connectivity index (χ0) is 8.39. The number of hydrogen-bond acceptors (Lipinski definition) is 1. The zero-order valence-corrected chi connectivity index (χ0v) is 7.72. The second-order valence-corrected chi connectivity index (χ2v) is 4.55. The van der Waals surface area contributed by atoms with Gasteiger partial charge in [0.15, 0.2) is 0 Å². The van der Waals surface area contributed by atoms with Crippen molar-refractivity contribution in [3.63, 3.8) is 0 Å². The molecule has 0 aliphatic heterocycles. The molecule has 12 heavy (non-hydrogen) atoms. The highest BCUT2D eigenvalue weighted by atomic mass is 16.1. The van der Waals surface area contributed by atoms with Crippen molar-refractivity contribution in [1.29, 1.82) is 0 Å². The molecule has 0 N–H and O–H groups in total. The number of rotatable bonds is 0. The minimum atomic E-state index is 0.540. The minimum Gasteiger partial charge on any atom is -0.300 e. The van der Waals surface area contributed by atoms with Gasteiger partial charge >= 0.3 is 0 Å². The van der Waals surface area contributed by atoms with Crippen LogP contribution in [-0.2, 0) is 4.79 Å². The summed E-state index contributed by atoms with van der Waals surface area (Å²) in [7, 11) is 0. The first-order valence-corrected chi connectivity index (χ1v) is 5.36. The van der Waals surface area contributed by atoms with E-state index in [-0.39, 0.29) is 0 Å². The van der Waals surface area contributed by atoms with Gasteiger partial charge in [-0.2, -0.15) is 0 Å². The van der Waals surface area contributed by atoms with Crippen molar-refractivity contribution < 1.29 is 4.79 Å². The van der Waals surface area contributed by atoms with Gasteiger partial charge in [-0.3, -0.25) is 4.79 Å². The summed E-state index contributed by atoms with van der Waals surface area (Å²) in [5, 5.41) is 0. The molecule has 2 unspecified atom stereocenters. The average molecular weight is 166 g/mol. The fourth-order valence-corrected chi connectivity index (χ4v) is 2.85. The van der Waals surface area contributed by atoms with E-state index in [4.69, 9.17) is 0 Å². The van der Waals surface area contributed by atoms with Gasteiger partial charge in [0.25, 0.3) is 0 Å². The van der Waals surface area contributed by atoms with Crippen LogP contribution in [0.25, 0.3) is 0 Å². The molecule has 0 aromatic rings. The molecule has 0 aromatic carbocycles. The Morgan fingerprint density at radius 2 is 1.50 bits per heavy atom. The van der Waals surface area contributed by atoms with Crippen LogP contribution in [0.2, 0.25) is 0 Å². The molecule has 2 bridgehead atoms. The average Bonchev–Trinajstić information content (AvgIpc) is 2.00. The van der Waals surface area contributed by atoms with Crippen molar-refractivity contribution in [2.75, 3.05) is 0 Å². The van der Waals surface area contributed by atoms with E-state index in [1.54, 1.807) is 0 Å². The number of carbonyl (C=O) groups excluding carboxylic acids is 1. The van der Waals surface area contributed by atoms with Crippen LogP contribution in [0.3, 0.4) is 0 Å². The first-order valence-electron chi connectivity index (χ1n) is 5.36. The normalized spacial score (nSPS) is 37.2. The lowest BCUT2D eigenvalue weighted by Crippen LogP contribution is -2.24. The molecule has 1 nitrogen and oxygen atoms in total. The van der Waals surface area contributed by atoms with Gasteiger partial charge in [0.2, 0.25) is 0 Å². The van der Waals surface area contributed by atoms with Gasteiger partial charge in [-0.05, 0) is 18.3 Å². The van der Waals surface area contributed by atoms with Gasteiger partial charge in [0.1, 0.15) is 5.78 Å². The Morgan fingerprint density at radius 1 is 0.917 bits per heavy atom. The third-order valence-electron chi connectivity index (χ3n) is 3.42. The molecule has 2 fully saturated rings. The van der Waals surface area contributed by atoms with Crippen LogP contribution in [0.1, 0.15) is 51.4 Å². The van der Waals surface area contributed by atoms with Crippen LogP contribution >= 0.6 is 0 Å². The molecule has 0 amide bonds. The summed E-state index contributed by atoms with van der Waals surface area (Å²) in [5.41, 5.74) is 0. The molecule has 0 spiro atoms. The molecular weight excluding hydrogens is 148 g/mol. The smallest absolute Gasteiger partial charge is 0.133 e. The van der Waals surface area contributed by atoms with Crippen LogP contribution in [0, 0.1) is 11.8 Å². The van der Waals surface area contributed by atoms with Gasteiger partial charge in [-0.1, -0.05) is 32.1 Å². The second-order valence-electron chi connectivity index (χ2n) is 4.55. The van der Waals surface area contributed by atoms with Crippen molar-refractivity contribution in [3.8, 4) is 0 Å². The van der Waals surface area contributed by atoms with Crippen LogP contribution in [0.15, 0.2) is 0 Å². The summed E-state index contributed by atoms with van der Waals surface area (Å²) in [4.78, 5) is 11.3. The second kappa shape index (κ2) is 3.59. The Kier molecular flexibility index (Phi) is 2.48. The topological polar surface area (TPSA) is 17.1 Å². The van der Waals surface area contributed by atoms with Gasteiger partial charge in [0.05, 0.1) is 0 Å². The van der Waals surface area contributed by atoms with Crippen molar-refractivity contribution in [2.45, 2.75) is 51.4 Å². The van der Waals surface area contributed by atoms with E-state index in [0.29, 0.717) is 5.78 Å². The molecule has 0 heterocycles. The van der Waals surface area contributed by atoms with Gasteiger partial charge in [-0.15, -0.1) is 0 Å². The van der Waals surface area contributed by atoms with Crippen molar-refractivity contribution >= 4 is 5.78 Å². The van der Waals surface area contributed by atoms with Crippen molar-refractivity contribution in [3.05, 3.63) is 0 Å². The van der Waals surface area contributed by atoms with E-state index >= 15 is 0 Å². The first-order chi connectivity index (χ1) is 5.84. The fraction of sp³-hybridized carbons (Fsp3) is 0.909. The highest BCUT2D eigenvalue weighted by Gasteiger charge is 2.27. The predicted molar refractivity (Wildman–Crippen MR) is 48.9 cm³/mol. The Bertz CT molecular complexity index is 158. The summed E-state index contributed by atoms with van der Waals surface area (Å²) in [6.07, 6.45) is 9.93. The van der Waals surface area contributed by atoms with Crippen LogP contribution < -0.4 is 0 Å². The highest BCUT2D eigenvalue weighted by molar-refractivity contribution is 5.79. The van der Waals surface area contributed by atoms with E-state index < -0.39 is 0 Å². The third-order valence-corrected chi connectivity index (χ3v) is 3.42. The van der Waals surface area contributed by atoms with Gasteiger partial charge < -0.3 is 0 Å². The summed E-state index contributed by atoms with van der Waals surface area (Å²) >= 11 is 0. The maximum Gasteiger partial charge on any atom is 0.133 e. The molecule has 2 atom stereocenters. The number of carbonyl (C=O) groups is 1. The number of ketones is 1. The Labute approximate surface area is 74.5 Å². The lowest BCUT2D eigenvalue weighted by Gasteiger charge is -2.30. The summed E-state index contributed by atoms with van der Waals surface area (Å²) in [5.74, 6) is 2.06. The first kappa shape index (κ1) is 8.28. The standard InChI is InChI=1S/C11H18O/c12-11-7-9-4-2-1-3-5-10(6-9)8-11/h9-10H,1-8H2.